The first-order chi connectivity index (χ1) is 10.6. The Balaban J connectivity index is 2.88. The van der Waals surface area contributed by atoms with Crippen LogP contribution >= 0.6 is 7.95 Å². The molecule has 0 spiro atoms. The third-order valence-electron chi connectivity index (χ3n) is 3.52. The van der Waals surface area contributed by atoms with E-state index in [9.17, 15) is 14.2 Å². The fourth-order valence-electron chi connectivity index (χ4n) is 2.54. The molecule has 132 valence electrons. The SMILES string of the molecule is CCCNC(=O)C(N)(CC(C)(C)N)N[P+](=O)[C@H]1CCCNC1=O. The van der Waals surface area contributed by atoms with Crippen LogP contribution < -0.4 is 27.2 Å². The molecule has 7 N–H and O–H groups in total. The summed E-state index contributed by atoms with van der Waals surface area (Å²) in [5.74, 6) is -0.731. The molecule has 1 saturated heterocycles. The van der Waals surface area contributed by atoms with Crippen LogP contribution in [0.15, 0.2) is 0 Å². The predicted octanol–water partition coefficient (Wildman–Crippen LogP) is -0.0944. The zero-order valence-electron chi connectivity index (χ0n) is 14.1. The van der Waals surface area contributed by atoms with Gasteiger partial charge in [-0.3, -0.25) is 9.59 Å². The van der Waals surface area contributed by atoms with E-state index in [4.69, 9.17) is 11.5 Å². The van der Waals surface area contributed by atoms with Crippen LogP contribution in [0.1, 0.15) is 46.5 Å². The number of rotatable bonds is 8. The van der Waals surface area contributed by atoms with Gasteiger partial charge in [-0.25, -0.2) is 0 Å². The largest absolute Gasteiger partial charge is 0.447 e. The number of nitrogens with one attached hydrogen (secondary N) is 3. The molecule has 9 heteroatoms. The van der Waals surface area contributed by atoms with Gasteiger partial charge in [0.2, 0.25) is 0 Å². The van der Waals surface area contributed by atoms with Crippen molar-refractivity contribution in [3.8, 4) is 0 Å². The van der Waals surface area contributed by atoms with Gasteiger partial charge >= 0.3 is 7.95 Å². The van der Waals surface area contributed by atoms with Crippen molar-refractivity contribution in [2.45, 2.75) is 63.3 Å². The molecule has 1 fully saturated rings. The van der Waals surface area contributed by atoms with Gasteiger partial charge in [-0.15, -0.1) is 0 Å². The van der Waals surface area contributed by atoms with E-state index in [1.165, 1.54) is 0 Å². The third-order valence-corrected chi connectivity index (χ3v) is 5.20. The maximum atomic E-state index is 12.6. The summed E-state index contributed by atoms with van der Waals surface area (Å²) in [6.45, 7) is 6.45. The fourth-order valence-corrected chi connectivity index (χ4v) is 3.99. The van der Waals surface area contributed by atoms with Crippen LogP contribution in [0.4, 0.5) is 0 Å². The molecule has 0 aromatic heterocycles. The minimum absolute atomic E-state index is 0.0883. The molecule has 1 rings (SSSR count). The summed E-state index contributed by atoms with van der Waals surface area (Å²) in [7, 11) is -2.18. The van der Waals surface area contributed by atoms with Crippen LogP contribution in [-0.2, 0) is 14.2 Å². The Labute approximate surface area is 138 Å². The van der Waals surface area contributed by atoms with Crippen LogP contribution in [0.3, 0.4) is 0 Å². The first-order valence-corrected chi connectivity index (χ1v) is 9.30. The first-order valence-electron chi connectivity index (χ1n) is 7.97. The average molecular weight is 346 g/mol. The highest BCUT2D eigenvalue weighted by Gasteiger charge is 2.49. The topological polar surface area (TPSA) is 139 Å². The van der Waals surface area contributed by atoms with E-state index in [2.05, 4.69) is 15.7 Å². The molecule has 0 radical (unpaired) electrons. The highest BCUT2D eigenvalue weighted by Crippen LogP contribution is 2.32. The smallest absolute Gasteiger partial charge is 0.353 e. The van der Waals surface area contributed by atoms with Gasteiger partial charge in [-0.05, 0) is 31.3 Å². The van der Waals surface area contributed by atoms with E-state index in [0.717, 1.165) is 12.8 Å². The number of piperidine rings is 1. The summed E-state index contributed by atoms with van der Waals surface area (Å²) in [5, 5.41) is 8.08. The summed E-state index contributed by atoms with van der Waals surface area (Å²) in [6, 6.07) is 0. The Morgan fingerprint density at radius 2 is 2.09 bits per heavy atom. The quantitative estimate of drug-likeness (QED) is 0.307. The number of carbonyl (C=O) groups is 2. The monoisotopic (exact) mass is 346 g/mol. The Bertz CT molecular complexity index is 466. The van der Waals surface area contributed by atoms with Crippen LogP contribution in [0.2, 0.25) is 0 Å². The van der Waals surface area contributed by atoms with Gasteiger partial charge in [-0.1, -0.05) is 12.0 Å². The summed E-state index contributed by atoms with van der Waals surface area (Å²) < 4.78 is 12.6. The summed E-state index contributed by atoms with van der Waals surface area (Å²) in [4.78, 5) is 24.3. The molecular weight excluding hydrogens is 317 g/mol. The minimum Gasteiger partial charge on any atom is -0.353 e. The number of hydrogen-bond donors (Lipinski definition) is 5. The molecule has 1 aliphatic rings. The zero-order chi connectivity index (χ0) is 17.7. The highest BCUT2D eigenvalue weighted by molar-refractivity contribution is 7.44. The molecule has 0 aromatic carbocycles. The lowest BCUT2D eigenvalue weighted by atomic mass is 9.92. The molecule has 3 atom stereocenters. The van der Waals surface area contributed by atoms with E-state index < -0.39 is 30.7 Å². The minimum atomic E-state index is -2.18. The second-order valence-corrected chi connectivity index (χ2v) is 8.28. The first kappa shape index (κ1) is 20.0. The van der Waals surface area contributed by atoms with Crippen molar-refractivity contribution in [1.29, 1.82) is 0 Å². The number of hydrogen-bond acceptors (Lipinski definition) is 5. The van der Waals surface area contributed by atoms with E-state index in [1.807, 2.05) is 6.92 Å². The molecule has 1 aliphatic heterocycles. The lowest BCUT2D eigenvalue weighted by molar-refractivity contribution is -0.127. The average Bonchev–Trinajstić information content (AvgIpc) is 2.42. The Morgan fingerprint density at radius 3 is 2.61 bits per heavy atom. The maximum Gasteiger partial charge on any atom is 0.447 e. The van der Waals surface area contributed by atoms with Crippen LogP contribution in [0.25, 0.3) is 0 Å². The number of nitrogens with two attached hydrogens (primary N) is 2. The Morgan fingerprint density at radius 1 is 1.43 bits per heavy atom. The lowest BCUT2D eigenvalue weighted by Gasteiger charge is -2.31. The van der Waals surface area contributed by atoms with Crippen molar-refractivity contribution in [2.24, 2.45) is 11.5 Å². The van der Waals surface area contributed by atoms with Crippen molar-refractivity contribution in [2.75, 3.05) is 13.1 Å². The van der Waals surface area contributed by atoms with E-state index in [1.54, 1.807) is 13.8 Å². The standard InChI is InChI=1S/C14H28N5O3P/c1-4-7-18-12(21)14(16,9-13(2,3)15)19-23(22)10-6-5-8-17-11(10)20/h10H,4-9,15-16H2,1-3H3,(H2-,17,18,19,20,21,22)/p+1/t10-,14?/m0/s1. The summed E-state index contributed by atoms with van der Waals surface area (Å²) in [6.07, 6.45) is 2.10. The van der Waals surface area contributed by atoms with Crippen molar-refractivity contribution in [3.63, 3.8) is 0 Å². The van der Waals surface area contributed by atoms with Crippen molar-refractivity contribution in [1.82, 2.24) is 15.7 Å². The van der Waals surface area contributed by atoms with Gasteiger partial charge in [0.15, 0.2) is 5.66 Å². The van der Waals surface area contributed by atoms with E-state index in [0.29, 0.717) is 19.5 Å². The normalized spacial score (nSPS) is 22.0. The molecule has 1 heterocycles. The molecule has 2 unspecified atom stereocenters. The number of amides is 2. The Hall–Kier alpha value is -1.08. The maximum absolute atomic E-state index is 12.6. The summed E-state index contributed by atoms with van der Waals surface area (Å²) >= 11 is 0. The van der Waals surface area contributed by atoms with Gasteiger partial charge < -0.3 is 22.1 Å². The van der Waals surface area contributed by atoms with Crippen LogP contribution in [0, 0.1) is 0 Å². The van der Waals surface area contributed by atoms with Gasteiger partial charge in [0.25, 0.3) is 17.5 Å². The van der Waals surface area contributed by atoms with Gasteiger partial charge in [0.1, 0.15) is 0 Å². The fraction of sp³-hybridized carbons (Fsp3) is 0.857. The van der Waals surface area contributed by atoms with Crippen molar-refractivity contribution in [3.05, 3.63) is 0 Å². The molecule has 0 aliphatic carbocycles. The van der Waals surface area contributed by atoms with E-state index >= 15 is 0 Å². The van der Waals surface area contributed by atoms with Crippen molar-refractivity contribution >= 4 is 19.8 Å². The molecule has 8 nitrogen and oxygen atoms in total. The third kappa shape index (κ3) is 6.14. The Kier molecular flexibility index (Phi) is 7.07. The molecular formula is C14H29N5O3P+. The molecule has 0 saturated carbocycles. The van der Waals surface area contributed by atoms with Gasteiger partial charge in [0, 0.05) is 31.5 Å². The van der Waals surface area contributed by atoms with Gasteiger partial charge in [-0.2, -0.15) is 0 Å². The van der Waals surface area contributed by atoms with Crippen LogP contribution in [-0.4, -0.2) is 41.8 Å². The second-order valence-electron chi connectivity index (χ2n) is 6.78. The molecule has 23 heavy (non-hydrogen) atoms. The summed E-state index contributed by atoms with van der Waals surface area (Å²) in [5.41, 5.74) is 9.19. The predicted molar refractivity (Wildman–Crippen MR) is 89.9 cm³/mol. The van der Waals surface area contributed by atoms with E-state index in [-0.39, 0.29) is 12.3 Å². The lowest BCUT2D eigenvalue weighted by Crippen LogP contribution is -2.65. The molecule has 0 aromatic rings. The van der Waals surface area contributed by atoms with Crippen molar-refractivity contribution < 1.29 is 14.2 Å². The molecule has 2 amide bonds. The second kappa shape index (κ2) is 8.15. The van der Waals surface area contributed by atoms with Crippen LogP contribution in [0.5, 0.6) is 0 Å². The highest BCUT2D eigenvalue weighted by atomic mass is 31.1. The number of carbonyl (C=O) groups excluding carboxylic acids is 2. The zero-order valence-corrected chi connectivity index (χ0v) is 15.0. The van der Waals surface area contributed by atoms with Gasteiger partial charge in [0.05, 0.1) is 0 Å². The molecule has 0 bridgehead atoms.